The normalized spacial score (nSPS) is 11.2. The van der Waals surface area contributed by atoms with Crippen LogP contribution in [0.5, 0.6) is 0 Å². The van der Waals surface area contributed by atoms with Gasteiger partial charge < -0.3 is 10.1 Å². The van der Waals surface area contributed by atoms with E-state index in [0.29, 0.717) is 25.7 Å². The zero-order chi connectivity index (χ0) is 14.8. The largest absolute Gasteiger partial charge is 0.467 e. The summed E-state index contributed by atoms with van der Waals surface area (Å²) in [5.74, 6) is -0.910. The predicted molar refractivity (Wildman–Crippen MR) is 71.6 cm³/mol. The highest BCUT2D eigenvalue weighted by Crippen LogP contribution is 2.06. The van der Waals surface area contributed by atoms with Crippen LogP contribution in [0.2, 0.25) is 0 Å². The first-order chi connectivity index (χ1) is 9.69. The van der Waals surface area contributed by atoms with Gasteiger partial charge in [-0.15, -0.1) is 0 Å². The first-order valence-corrected chi connectivity index (χ1v) is 6.35. The number of carbonyl (C=O) groups excluding carboxylic acids is 2. The lowest BCUT2D eigenvalue weighted by Gasteiger charge is -2.15. The molecule has 1 heterocycles. The first kappa shape index (κ1) is 15.6. The number of nitriles is 1. The molecule has 0 aliphatic heterocycles. The molecule has 0 saturated carbocycles. The van der Waals surface area contributed by atoms with Crippen molar-refractivity contribution < 1.29 is 14.3 Å². The maximum Gasteiger partial charge on any atom is 0.328 e. The van der Waals surface area contributed by atoms with Crippen molar-refractivity contribution in [2.75, 3.05) is 7.11 Å². The molecular weight excluding hydrogens is 258 g/mol. The van der Waals surface area contributed by atoms with Gasteiger partial charge in [-0.25, -0.2) is 4.79 Å². The summed E-state index contributed by atoms with van der Waals surface area (Å²) in [6.07, 6.45) is 3.73. The minimum Gasteiger partial charge on any atom is -0.467 e. The molecule has 1 N–H and O–H groups in total. The van der Waals surface area contributed by atoms with Gasteiger partial charge in [0.25, 0.3) is 5.91 Å². The maximum atomic E-state index is 11.9. The molecule has 0 aromatic carbocycles. The molecule has 0 radical (unpaired) electrons. The Bertz CT molecular complexity index is 482. The van der Waals surface area contributed by atoms with E-state index in [0.717, 1.165) is 0 Å². The van der Waals surface area contributed by atoms with Crippen molar-refractivity contribution in [2.45, 2.75) is 31.7 Å². The minimum absolute atomic E-state index is 0.249. The van der Waals surface area contributed by atoms with Crippen LogP contribution in [0.15, 0.2) is 24.4 Å². The quantitative estimate of drug-likeness (QED) is 0.600. The fourth-order valence-corrected chi connectivity index (χ4v) is 1.67. The molecule has 0 saturated heterocycles. The van der Waals surface area contributed by atoms with E-state index < -0.39 is 17.9 Å². The van der Waals surface area contributed by atoms with Crippen LogP contribution in [0, 0.1) is 11.3 Å². The minimum atomic E-state index is -0.715. The molecule has 0 spiro atoms. The van der Waals surface area contributed by atoms with Crippen LogP contribution in [0.3, 0.4) is 0 Å². The topological polar surface area (TPSA) is 92.1 Å². The number of pyridine rings is 1. The van der Waals surface area contributed by atoms with Crippen molar-refractivity contribution in [3.05, 3.63) is 30.1 Å². The lowest BCUT2D eigenvalue weighted by atomic mass is 10.1. The van der Waals surface area contributed by atoms with Gasteiger partial charge in [-0.2, -0.15) is 5.26 Å². The maximum absolute atomic E-state index is 11.9. The van der Waals surface area contributed by atoms with Gasteiger partial charge in [0.1, 0.15) is 11.7 Å². The highest BCUT2D eigenvalue weighted by atomic mass is 16.5. The molecule has 0 unspecified atom stereocenters. The Kier molecular flexibility index (Phi) is 6.76. The van der Waals surface area contributed by atoms with E-state index in [4.69, 9.17) is 5.26 Å². The van der Waals surface area contributed by atoms with E-state index in [1.165, 1.54) is 13.3 Å². The zero-order valence-electron chi connectivity index (χ0n) is 11.3. The van der Waals surface area contributed by atoms with Gasteiger partial charge in [0.2, 0.25) is 0 Å². The highest BCUT2D eigenvalue weighted by molar-refractivity contribution is 5.95. The number of esters is 1. The number of unbranched alkanes of at least 4 members (excludes halogenated alkanes) is 2. The average Bonchev–Trinajstić information content (AvgIpc) is 2.50. The van der Waals surface area contributed by atoms with Crippen molar-refractivity contribution >= 4 is 11.9 Å². The van der Waals surface area contributed by atoms with Gasteiger partial charge in [0, 0.05) is 12.6 Å². The number of nitrogens with one attached hydrogen (secondary N) is 1. The molecule has 20 heavy (non-hydrogen) atoms. The molecule has 0 aliphatic carbocycles. The van der Waals surface area contributed by atoms with Gasteiger partial charge in [-0.3, -0.25) is 9.78 Å². The van der Waals surface area contributed by atoms with E-state index in [1.54, 1.807) is 18.2 Å². The Morgan fingerprint density at radius 3 is 2.85 bits per heavy atom. The molecule has 1 aromatic rings. The van der Waals surface area contributed by atoms with Crippen molar-refractivity contribution in [3.8, 4) is 6.07 Å². The fraction of sp³-hybridized carbons (Fsp3) is 0.429. The number of amides is 1. The summed E-state index contributed by atoms with van der Waals surface area (Å²) in [4.78, 5) is 27.5. The number of aromatic nitrogens is 1. The molecular formula is C14H17N3O3. The van der Waals surface area contributed by atoms with Crippen molar-refractivity contribution in [1.29, 1.82) is 5.26 Å². The zero-order valence-corrected chi connectivity index (χ0v) is 11.3. The Morgan fingerprint density at radius 2 is 2.25 bits per heavy atom. The Balaban J connectivity index is 2.58. The van der Waals surface area contributed by atoms with Gasteiger partial charge in [0.05, 0.1) is 13.2 Å². The number of methoxy groups -OCH3 is 1. The number of ether oxygens (including phenoxy) is 1. The van der Waals surface area contributed by atoms with Crippen LogP contribution in [-0.2, 0) is 9.53 Å². The lowest BCUT2D eigenvalue weighted by Crippen LogP contribution is -2.41. The van der Waals surface area contributed by atoms with Crippen LogP contribution in [-0.4, -0.2) is 30.0 Å². The summed E-state index contributed by atoms with van der Waals surface area (Å²) >= 11 is 0. The second-order valence-electron chi connectivity index (χ2n) is 4.17. The van der Waals surface area contributed by atoms with Gasteiger partial charge in [-0.1, -0.05) is 6.07 Å². The molecule has 1 atom stereocenters. The van der Waals surface area contributed by atoms with Gasteiger partial charge in [0.15, 0.2) is 0 Å². The third-order valence-electron chi connectivity index (χ3n) is 2.72. The molecule has 0 bridgehead atoms. The van der Waals surface area contributed by atoms with E-state index in [-0.39, 0.29) is 5.69 Å². The van der Waals surface area contributed by atoms with E-state index >= 15 is 0 Å². The summed E-state index contributed by atoms with van der Waals surface area (Å²) < 4.78 is 4.67. The molecule has 0 fully saturated rings. The van der Waals surface area contributed by atoms with E-state index in [1.807, 2.05) is 6.07 Å². The molecule has 1 amide bonds. The highest BCUT2D eigenvalue weighted by Gasteiger charge is 2.21. The second kappa shape index (κ2) is 8.64. The summed E-state index contributed by atoms with van der Waals surface area (Å²) in [6.45, 7) is 0. The van der Waals surface area contributed by atoms with E-state index in [9.17, 15) is 9.59 Å². The second-order valence-corrected chi connectivity index (χ2v) is 4.17. The Morgan fingerprint density at radius 1 is 1.45 bits per heavy atom. The lowest BCUT2D eigenvalue weighted by molar-refractivity contribution is -0.143. The van der Waals surface area contributed by atoms with Crippen LogP contribution in [0.1, 0.15) is 36.2 Å². The number of rotatable bonds is 7. The van der Waals surface area contributed by atoms with Crippen LogP contribution >= 0.6 is 0 Å². The van der Waals surface area contributed by atoms with Gasteiger partial charge >= 0.3 is 5.97 Å². The van der Waals surface area contributed by atoms with E-state index in [2.05, 4.69) is 15.0 Å². The number of carbonyl (C=O) groups is 2. The molecule has 1 aromatic heterocycles. The summed E-state index contributed by atoms with van der Waals surface area (Å²) in [5.41, 5.74) is 0.249. The average molecular weight is 275 g/mol. The Labute approximate surface area is 117 Å². The molecule has 106 valence electrons. The smallest absolute Gasteiger partial charge is 0.328 e. The molecule has 0 aliphatic rings. The molecule has 6 nitrogen and oxygen atoms in total. The summed E-state index contributed by atoms with van der Waals surface area (Å²) in [6, 6.07) is 6.29. The Hall–Kier alpha value is -2.42. The van der Waals surface area contributed by atoms with Crippen LogP contribution in [0.25, 0.3) is 0 Å². The predicted octanol–water partition coefficient (Wildman–Crippen LogP) is 1.44. The summed E-state index contributed by atoms with van der Waals surface area (Å²) in [5, 5.41) is 11.1. The number of hydrogen-bond donors (Lipinski definition) is 1. The summed E-state index contributed by atoms with van der Waals surface area (Å²) in [7, 11) is 1.28. The monoisotopic (exact) mass is 275 g/mol. The third-order valence-corrected chi connectivity index (χ3v) is 2.72. The van der Waals surface area contributed by atoms with Crippen molar-refractivity contribution in [3.63, 3.8) is 0 Å². The third kappa shape index (κ3) is 5.06. The van der Waals surface area contributed by atoms with Crippen LogP contribution in [0.4, 0.5) is 0 Å². The standard InChI is InChI=1S/C14H17N3O3/c1-20-14(19)12(8-3-2-5-9-15)17-13(18)11-7-4-6-10-16-11/h4,6-7,10,12H,2-3,5,8H2,1H3,(H,17,18)/t12-/m1/s1. The van der Waals surface area contributed by atoms with Crippen LogP contribution < -0.4 is 5.32 Å². The fourth-order valence-electron chi connectivity index (χ4n) is 1.67. The molecule has 6 heteroatoms. The number of hydrogen-bond acceptors (Lipinski definition) is 5. The van der Waals surface area contributed by atoms with Crippen molar-refractivity contribution in [1.82, 2.24) is 10.3 Å². The van der Waals surface area contributed by atoms with Crippen molar-refractivity contribution in [2.24, 2.45) is 0 Å². The molecule has 1 rings (SSSR count). The SMILES string of the molecule is COC(=O)[C@@H](CCCCC#N)NC(=O)c1ccccn1. The number of nitrogens with zero attached hydrogens (tertiary/aromatic N) is 2. The first-order valence-electron chi connectivity index (χ1n) is 6.35. The van der Waals surface area contributed by atoms with Gasteiger partial charge in [-0.05, 0) is 31.4 Å².